The maximum Gasteiger partial charge on any atom is 0.137 e. The Bertz CT molecular complexity index is 454. The molecule has 0 bridgehead atoms. The summed E-state index contributed by atoms with van der Waals surface area (Å²) in [5, 5.41) is 30.2. The van der Waals surface area contributed by atoms with Gasteiger partial charge in [-0.3, -0.25) is 0 Å². The number of allylic oxidation sites excluding steroid dienone is 3. The van der Waals surface area contributed by atoms with E-state index >= 15 is 0 Å². The minimum Gasteiger partial charge on any atom is -0.550 e. The van der Waals surface area contributed by atoms with E-state index in [-0.39, 0.29) is 0 Å². The summed E-state index contributed by atoms with van der Waals surface area (Å²) in [6.07, 6.45) is 20.1. The van der Waals surface area contributed by atoms with Crippen molar-refractivity contribution in [2.45, 2.75) is 82.7 Å². The van der Waals surface area contributed by atoms with Crippen molar-refractivity contribution in [2.75, 3.05) is 34.3 Å². The molecule has 0 fully saturated rings. The number of carboxylic acid groups (broad SMARTS) is 1. The van der Waals surface area contributed by atoms with Gasteiger partial charge >= 0.3 is 0 Å². The Morgan fingerprint density at radius 3 is 1.86 bits per heavy atom. The number of unbranched alkanes of at least 4 members (excludes halogenated alkanes) is 10. The first-order valence-electron chi connectivity index (χ1n) is 10.9. The summed E-state index contributed by atoms with van der Waals surface area (Å²) in [5.74, 6) is -1.24. The molecule has 0 heterocycles. The number of carbonyl (C=O) groups is 1. The molecule has 0 aromatic carbocycles. The normalized spacial score (nSPS) is 14.8. The number of carbonyl (C=O) groups excluding carboxylic acids is 1. The van der Waals surface area contributed by atoms with E-state index in [4.69, 9.17) is 5.11 Å². The predicted octanol–water partition coefficient (Wildman–Crippen LogP) is 2.96. The van der Waals surface area contributed by atoms with Gasteiger partial charge in [0.1, 0.15) is 12.1 Å². The zero-order valence-electron chi connectivity index (χ0n) is 18.4. The van der Waals surface area contributed by atoms with Gasteiger partial charge in [-0.2, -0.15) is 0 Å². The number of aliphatic hydroxyl groups is 2. The average molecular weight is 398 g/mol. The summed E-state index contributed by atoms with van der Waals surface area (Å²) in [6, 6.07) is 0. The molecule has 0 aliphatic heterocycles. The number of likely N-dealkylation sites (N-methyl/N-ethyl adjacent to an activating group) is 1. The van der Waals surface area contributed by atoms with Crippen molar-refractivity contribution in [1.29, 1.82) is 0 Å². The molecule has 0 unspecified atom stereocenters. The molecule has 0 radical (unpaired) electrons. The number of aliphatic hydroxyl groups excluding tert-OH is 1. The third-order valence-electron chi connectivity index (χ3n) is 4.63. The van der Waals surface area contributed by atoms with Gasteiger partial charge in [-0.25, -0.2) is 0 Å². The van der Waals surface area contributed by atoms with Crippen LogP contribution in [0.3, 0.4) is 0 Å². The minimum atomic E-state index is -1.39. The van der Waals surface area contributed by atoms with Crippen LogP contribution < -0.4 is 5.11 Å². The maximum absolute atomic E-state index is 10.9. The molecule has 0 spiro atoms. The van der Waals surface area contributed by atoms with Gasteiger partial charge in [-0.05, 0) is 25.3 Å². The van der Waals surface area contributed by atoms with Gasteiger partial charge in [-0.1, -0.05) is 69.6 Å². The van der Waals surface area contributed by atoms with Crippen LogP contribution in [0.2, 0.25) is 0 Å². The minimum absolute atomic E-state index is 0.312. The molecular formula is C23H43NO4. The number of nitrogens with zero attached hydrogens (tertiary/aromatic N) is 1. The Labute approximate surface area is 172 Å². The van der Waals surface area contributed by atoms with Crippen LogP contribution in [0.4, 0.5) is 0 Å². The lowest BCUT2D eigenvalue weighted by atomic mass is 9.97. The van der Waals surface area contributed by atoms with E-state index in [1.165, 1.54) is 44.9 Å². The highest BCUT2D eigenvalue weighted by atomic mass is 16.4. The van der Waals surface area contributed by atoms with Crippen molar-refractivity contribution in [3.8, 4) is 0 Å². The predicted molar refractivity (Wildman–Crippen MR) is 114 cm³/mol. The fourth-order valence-electron chi connectivity index (χ4n) is 3.44. The third kappa shape index (κ3) is 18.2. The molecule has 0 saturated carbocycles. The highest BCUT2D eigenvalue weighted by molar-refractivity contribution is 5.66. The molecule has 5 nitrogen and oxygen atoms in total. The standard InChI is InChI=1S/C23H43NO4/c1-24(2,3)21-23(28,20-22(26)27)18-16-14-12-10-8-6-4-5-7-9-11-13-15-17-19-25/h12,14,16,18,25,28H,4-11,13,15,17,19-21H2,1-3H3/t23-/m1/s1. The van der Waals surface area contributed by atoms with Gasteiger partial charge in [0.25, 0.3) is 0 Å². The molecular weight excluding hydrogens is 354 g/mol. The fourth-order valence-corrected chi connectivity index (χ4v) is 3.44. The molecule has 164 valence electrons. The summed E-state index contributed by atoms with van der Waals surface area (Å²) in [7, 11) is 5.75. The van der Waals surface area contributed by atoms with Gasteiger partial charge in [-0.15, -0.1) is 0 Å². The van der Waals surface area contributed by atoms with Crippen molar-refractivity contribution in [3.05, 3.63) is 24.3 Å². The van der Waals surface area contributed by atoms with Crippen LogP contribution in [0.1, 0.15) is 77.0 Å². The summed E-state index contributed by atoms with van der Waals surface area (Å²) >= 11 is 0. The Morgan fingerprint density at radius 2 is 1.39 bits per heavy atom. The van der Waals surface area contributed by atoms with Crippen molar-refractivity contribution < 1.29 is 24.6 Å². The van der Waals surface area contributed by atoms with Crippen molar-refractivity contribution in [3.63, 3.8) is 0 Å². The molecule has 0 rings (SSSR count). The molecule has 0 aliphatic carbocycles. The lowest BCUT2D eigenvalue weighted by Gasteiger charge is -2.34. The summed E-state index contributed by atoms with van der Waals surface area (Å²) in [4.78, 5) is 10.9. The van der Waals surface area contributed by atoms with Crippen LogP contribution in [0.25, 0.3) is 0 Å². The SMILES string of the molecule is C[N+](C)(C)C[C@@](O)(C=CC=CCCCCCCCCCCCCO)CC(=O)[O-]. The van der Waals surface area contributed by atoms with E-state index in [0.29, 0.717) is 17.6 Å². The lowest BCUT2D eigenvalue weighted by molar-refractivity contribution is -0.876. The molecule has 28 heavy (non-hydrogen) atoms. The summed E-state index contributed by atoms with van der Waals surface area (Å²) < 4.78 is 0.473. The number of aliphatic carboxylic acids is 1. The second-order valence-corrected chi connectivity index (χ2v) is 8.94. The maximum atomic E-state index is 10.9. The van der Waals surface area contributed by atoms with Crippen molar-refractivity contribution >= 4 is 5.97 Å². The molecule has 2 N–H and O–H groups in total. The first-order chi connectivity index (χ1) is 13.2. The highest BCUT2D eigenvalue weighted by Crippen LogP contribution is 2.16. The smallest absolute Gasteiger partial charge is 0.137 e. The number of hydrogen-bond donors (Lipinski definition) is 2. The Morgan fingerprint density at radius 1 is 0.893 bits per heavy atom. The van der Waals surface area contributed by atoms with Crippen LogP contribution in [0, 0.1) is 0 Å². The largest absolute Gasteiger partial charge is 0.550 e. The van der Waals surface area contributed by atoms with E-state index in [9.17, 15) is 15.0 Å². The average Bonchev–Trinajstić information content (AvgIpc) is 2.55. The molecule has 0 aromatic heterocycles. The number of quaternary nitrogens is 1. The number of hydrogen-bond acceptors (Lipinski definition) is 4. The molecule has 0 aromatic rings. The van der Waals surface area contributed by atoms with Crippen molar-refractivity contribution in [2.24, 2.45) is 0 Å². The number of rotatable bonds is 18. The van der Waals surface area contributed by atoms with Crippen LogP contribution in [-0.2, 0) is 4.79 Å². The Kier molecular flexibility index (Phi) is 15.1. The van der Waals surface area contributed by atoms with Crippen LogP contribution in [0.15, 0.2) is 24.3 Å². The Hall–Kier alpha value is -1.17. The van der Waals surface area contributed by atoms with E-state index in [1.54, 1.807) is 12.2 Å². The van der Waals surface area contributed by atoms with Crippen LogP contribution in [-0.4, -0.2) is 60.6 Å². The van der Waals surface area contributed by atoms with Gasteiger partial charge in [0.05, 0.1) is 21.1 Å². The highest BCUT2D eigenvalue weighted by Gasteiger charge is 2.30. The monoisotopic (exact) mass is 397 g/mol. The fraction of sp³-hybridized carbons (Fsp3) is 0.783. The topological polar surface area (TPSA) is 80.6 Å². The quantitative estimate of drug-likeness (QED) is 0.212. The summed E-state index contributed by atoms with van der Waals surface area (Å²) in [5.41, 5.74) is -1.39. The lowest BCUT2D eigenvalue weighted by Crippen LogP contribution is -2.50. The van der Waals surface area contributed by atoms with Crippen molar-refractivity contribution in [1.82, 2.24) is 0 Å². The molecule has 5 heteroatoms. The molecule has 0 saturated heterocycles. The van der Waals surface area contributed by atoms with E-state index in [1.807, 2.05) is 27.2 Å². The van der Waals surface area contributed by atoms with E-state index in [2.05, 4.69) is 6.08 Å². The second-order valence-electron chi connectivity index (χ2n) is 8.94. The van der Waals surface area contributed by atoms with Gasteiger partial charge in [0.15, 0.2) is 0 Å². The summed E-state index contributed by atoms with van der Waals surface area (Å²) in [6.45, 7) is 0.633. The third-order valence-corrected chi connectivity index (χ3v) is 4.63. The van der Waals surface area contributed by atoms with Gasteiger partial charge in [0.2, 0.25) is 0 Å². The zero-order valence-corrected chi connectivity index (χ0v) is 18.4. The first-order valence-corrected chi connectivity index (χ1v) is 10.9. The Balaban J connectivity index is 3.87. The van der Waals surface area contributed by atoms with Gasteiger partial charge < -0.3 is 24.6 Å². The first kappa shape index (κ1) is 26.8. The molecule has 0 amide bonds. The number of carboxylic acids is 1. The molecule has 0 aliphatic rings. The van der Waals surface area contributed by atoms with Crippen LogP contribution >= 0.6 is 0 Å². The van der Waals surface area contributed by atoms with E-state index in [0.717, 1.165) is 25.7 Å². The van der Waals surface area contributed by atoms with E-state index < -0.39 is 18.0 Å². The second kappa shape index (κ2) is 15.7. The zero-order chi connectivity index (χ0) is 21.3. The van der Waals surface area contributed by atoms with Gasteiger partial charge in [0, 0.05) is 19.0 Å². The van der Waals surface area contributed by atoms with Crippen LogP contribution in [0.5, 0.6) is 0 Å². The molecule has 1 atom stereocenters.